The Balaban J connectivity index is 1.32. The molecule has 1 aliphatic rings. The van der Waals surface area contributed by atoms with Gasteiger partial charge in [-0.25, -0.2) is 4.98 Å². The third-order valence-corrected chi connectivity index (χ3v) is 8.80. The molecule has 1 aliphatic carbocycles. The highest BCUT2D eigenvalue weighted by atomic mass is 32.1. The number of rotatable bonds is 3. The minimum atomic E-state index is -0.877. The van der Waals surface area contributed by atoms with E-state index in [1.54, 1.807) is 28.7 Å². The minimum Gasteiger partial charge on any atom is -0.383 e. The van der Waals surface area contributed by atoms with Gasteiger partial charge in [-0.1, -0.05) is 48.5 Å². The molecule has 0 aliphatic heterocycles. The van der Waals surface area contributed by atoms with E-state index in [1.165, 1.54) is 15.6 Å². The summed E-state index contributed by atoms with van der Waals surface area (Å²) in [7, 11) is 0. The van der Waals surface area contributed by atoms with Gasteiger partial charge in [-0.05, 0) is 48.0 Å². The van der Waals surface area contributed by atoms with Crippen molar-refractivity contribution in [2.45, 2.75) is 6.10 Å². The van der Waals surface area contributed by atoms with Gasteiger partial charge in [-0.2, -0.15) is 0 Å². The maximum Gasteiger partial charge on any atom is 0.192 e. The number of aromatic nitrogens is 2. The van der Waals surface area contributed by atoms with Gasteiger partial charge >= 0.3 is 0 Å². The van der Waals surface area contributed by atoms with Gasteiger partial charge in [0.25, 0.3) is 0 Å². The first-order valence-electron chi connectivity index (χ1n) is 11.3. The maximum absolute atomic E-state index is 12.8. The molecule has 0 bridgehead atoms. The minimum absolute atomic E-state index is 0.0965. The molecular formula is C29H18N2O2S2. The van der Waals surface area contributed by atoms with Crippen LogP contribution in [-0.4, -0.2) is 20.4 Å². The van der Waals surface area contributed by atoms with Crippen LogP contribution in [0.5, 0.6) is 0 Å². The Labute approximate surface area is 209 Å². The van der Waals surface area contributed by atoms with Crippen molar-refractivity contribution in [2.75, 3.05) is 0 Å². The van der Waals surface area contributed by atoms with Gasteiger partial charge in [-0.15, -0.1) is 22.7 Å². The van der Waals surface area contributed by atoms with Crippen molar-refractivity contribution in [3.63, 3.8) is 0 Å². The van der Waals surface area contributed by atoms with E-state index < -0.39 is 6.10 Å². The molecule has 6 heteroatoms. The molecule has 4 heterocycles. The number of pyridine rings is 1. The zero-order chi connectivity index (χ0) is 23.5. The van der Waals surface area contributed by atoms with Crippen molar-refractivity contribution in [1.29, 1.82) is 0 Å². The number of nitrogens with zero attached hydrogens (tertiary/aromatic N) is 2. The largest absolute Gasteiger partial charge is 0.383 e. The average molecular weight is 491 g/mol. The number of aliphatic hydroxyl groups is 1. The van der Waals surface area contributed by atoms with Gasteiger partial charge in [0.1, 0.15) is 16.8 Å². The molecule has 0 fully saturated rings. The summed E-state index contributed by atoms with van der Waals surface area (Å²) in [5.74, 6) is 0.803. The molecule has 0 radical (unpaired) electrons. The zero-order valence-corrected chi connectivity index (χ0v) is 20.0. The van der Waals surface area contributed by atoms with Gasteiger partial charge in [-0.3, -0.25) is 9.36 Å². The van der Waals surface area contributed by atoms with Crippen LogP contribution < -0.4 is 0 Å². The Morgan fingerprint density at radius 2 is 1.69 bits per heavy atom. The Bertz CT molecular complexity index is 1790. The number of thiophene rings is 2. The van der Waals surface area contributed by atoms with Crippen molar-refractivity contribution >= 4 is 55.7 Å². The third-order valence-electron chi connectivity index (χ3n) is 6.45. The molecule has 0 spiro atoms. The van der Waals surface area contributed by atoms with Gasteiger partial charge in [0.05, 0.1) is 5.52 Å². The molecular weight excluding hydrogens is 472 g/mol. The van der Waals surface area contributed by atoms with E-state index in [0.29, 0.717) is 16.7 Å². The van der Waals surface area contributed by atoms with E-state index in [-0.39, 0.29) is 5.78 Å². The molecule has 168 valence electrons. The molecule has 7 rings (SSSR count). The lowest BCUT2D eigenvalue weighted by Crippen LogP contribution is -1.98. The quantitative estimate of drug-likeness (QED) is 0.265. The molecule has 0 amide bonds. The first kappa shape index (κ1) is 20.5. The molecule has 4 aromatic heterocycles. The smallest absolute Gasteiger partial charge is 0.192 e. The van der Waals surface area contributed by atoms with Gasteiger partial charge in [0.2, 0.25) is 0 Å². The molecule has 1 atom stereocenters. The van der Waals surface area contributed by atoms with E-state index >= 15 is 0 Å². The summed E-state index contributed by atoms with van der Waals surface area (Å²) >= 11 is 3.37. The van der Waals surface area contributed by atoms with Crippen molar-refractivity contribution in [3.05, 3.63) is 113 Å². The van der Waals surface area contributed by atoms with E-state index in [4.69, 9.17) is 0 Å². The highest BCUT2D eigenvalue weighted by Gasteiger charge is 2.32. The van der Waals surface area contributed by atoms with E-state index in [1.807, 2.05) is 54.7 Å². The summed E-state index contributed by atoms with van der Waals surface area (Å²) in [6, 6.07) is 28.0. The summed E-state index contributed by atoms with van der Waals surface area (Å²) in [4.78, 5) is 21.8. The highest BCUT2D eigenvalue weighted by molar-refractivity contribution is 7.26. The predicted octanol–water partition coefficient (Wildman–Crippen LogP) is 7.28. The molecule has 1 N–H and O–H groups in total. The second-order valence-corrected chi connectivity index (χ2v) is 10.6. The molecule has 4 nitrogen and oxygen atoms in total. The van der Waals surface area contributed by atoms with Gasteiger partial charge in [0, 0.05) is 42.7 Å². The van der Waals surface area contributed by atoms with Crippen LogP contribution in [0.4, 0.5) is 0 Å². The standard InChI is InChI=1S/C29H18N2O2S2/c32-27-19-8-1-2-9-20(19)28(33)22(27)15-17-12-13-24(34-17)25-16-21-18-7-3-4-10-23(18)31(29(21)35-25)26-11-5-6-14-30-26/h1-16,27,32H/b22-15-. The molecule has 1 unspecified atom stereocenters. The summed E-state index contributed by atoms with van der Waals surface area (Å²) < 4.78 is 2.22. The normalized spacial score (nSPS) is 16.5. The summed E-state index contributed by atoms with van der Waals surface area (Å²) in [6.07, 6.45) is 2.77. The van der Waals surface area contributed by atoms with Crippen molar-refractivity contribution in [3.8, 4) is 15.6 Å². The van der Waals surface area contributed by atoms with Crippen LogP contribution in [0.15, 0.2) is 96.7 Å². The van der Waals surface area contributed by atoms with Crippen LogP contribution in [0.2, 0.25) is 0 Å². The Morgan fingerprint density at radius 3 is 2.54 bits per heavy atom. The number of ketones is 1. The van der Waals surface area contributed by atoms with Gasteiger partial charge in [0.15, 0.2) is 5.78 Å². The fourth-order valence-corrected chi connectivity index (χ4v) is 7.07. The number of carbonyl (C=O) groups is 1. The number of benzene rings is 2. The topological polar surface area (TPSA) is 55.1 Å². The SMILES string of the molecule is O=C1/C(=C\c2ccc(-c3cc4c5ccccc5n(-c5ccccn5)c4s3)s2)C(O)c2ccccc21. The molecule has 0 saturated carbocycles. The summed E-state index contributed by atoms with van der Waals surface area (Å²) in [6.45, 7) is 0. The fraction of sp³-hybridized carbons (Fsp3) is 0.0345. The maximum atomic E-state index is 12.8. The van der Waals surface area contributed by atoms with Crippen LogP contribution in [0, 0.1) is 0 Å². The second kappa shape index (κ2) is 7.85. The molecule has 35 heavy (non-hydrogen) atoms. The summed E-state index contributed by atoms with van der Waals surface area (Å²) in [5, 5.41) is 13.1. The third kappa shape index (κ3) is 3.15. The van der Waals surface area contributed by atoms with E-state index in [2.05, 4.69) is 45.9 Å². The van der Waals surface area contributed by atoms with E-state index in [9.17, 15) is 9.90 Å². The number of hydrogen-bond donors (Lipinski definition) is 1. The van der Waals surface area contributed by atoms with Crippen LogP contribution in [-0.2, 0) is 0 Å². The van der Waals surface area contributed by atoms with Crippen molar-refractivity contribution in [2.24, 2.45) is 0 Å². The molecule has 2 aromatic carbocycles. The molecule has 6 aromatic rings. The number of para-hydroxylation sites is 1. The van der Waals surface area contributed by atoms with Crippen LogP contribution in [0.1, 0.15) is 26.9 Å². The van der Waals surface area contributed by atoms with Crippen LogP contribution in [0.25, 0.3) is 42.8 Å². The lowest BCUT2D eigenvalue weighted by molar-refractivity contribution is 0.102. The second-order valence-electron chi connectivity index (χ2n) is 8.49. The van der Waals surface area contributed by atoms with E-state index in [0.717, 1.165) is 25.9 Å². The monoisotopic (exact) mass is 490 g/mol. The van der Waals surface area contributed by atoms with Crippen molar-refractivity contribution in [1.82, 2.24) is 9.55 Å². The number of Topliss-reactive ketones (excluding diaryl/α,β-unsaturated/α-hetero) is 1. The van der Waals surface area contributed by atoms with Crippen LogP contribution in [0.3, 0.4) is 0 Å². The predicted molar refractivity (Wildman–Crippen MR) is 143 cm³/mol. The first-order valence-corrected chi connectivity index (χ1v) is 12.9. The van der Waals surface area contributed by atoms with Crippen LogP contribution >= 0.6 is 22.7 Å². The average Bonchev–Trinajstić information content (AvgIpc) is 3.65. The number of carbonyl (C=O) groups excluding carboxylic acids is 1. The van der Waals surface area contributed by atoms with Crippen molar-refractivity contribution < 1.29 is 9.90 Å². The first-order chi connectivity index (χ1) is 17.2. The zero-order valence-electron chi connectivity index (χ0n) is 18.4. The Morgan fingerprint density at radius 1 is 0.857 bits per heavy atom. The molecule has 0 saturated heterocycles. The highest BCUT2D eigenvalue weighted by Crippen LogP contribution is 2.43. The Kier molecular flexibility index (Phi) is 4.60. The number of aliphatic hydroxyl groups excluding tert-OH is 1. The number of hydrogen-bond acceptors (Lipinski definition) is 5. The fourth-order valence-electron chi connectivity index (χ4n) is 4.83. The van der Waals surface area contributed by atoms with Gasteiger partial charge < -0.3 is 5.11 Å². The number of fused-ring (bicyclic) bond motifs is 4. The lowest BCUT2D eigenvalue weighted by atomic mass is 10.1. The lowest BCUT2D eigenvalue weighted by Gasteiger charge is -2.04. The summed E-state index contributed by atoms with van der Waals surface area (Å²) in [5.41, 5.74) is 2.85. The Hall–Kier alpha value is -3.84.